The number of aliphatic hydroxyl groups is 1. The Morgan fingerprint density at radius 3 is 2.00 bits per heavy atom. The van der Waals surface area contributed by atoms with Crippen LogP contribution >= 0.6 is 0 Å². The summed E-state index contributed by atoms with van der Waals surface area (Å²) in [6.45, 7) is 0. The van der Waals surface area contributed by atoms with Crippen molar-refractivity contribution in [2.24, 2.45) is 0 Å². The molecule has 128 valence electrons. The number of ketones is 1. The zero-order valence-electron chi connectivity index (χ0n) is 13.0. The number of fused-ring (bicyclic) bond motifs is 1. The van der Waals surface area contributed by atoms with Crippen LogP contribution in [0.3, 0.4) is 0 Å². The van der Waals surface area contributed by atoms with Gasteiger partial charge in [-0.25, -0.2) is 0 Å². The summed E-state index contributed by atoms with van der Waals surface area (Å²) < 4.78 is 5.42. The summed E-state index contributed by atoms with van der Waals surface area (Å²) in [7, 11) is 0. The van der Waals surface area contributed by atoms with E-state index in [1.807, 2.05) is 0 Å². The first-order valence-electron chi connectivity index (χ1n) is 6.49. The molecule has 0 bridgehead atoms. The van der Waals surface area contributed by atoms with Gasteiger partial charge in [-0.1, -0.05) is 0 Å². The molecule has 2 atom stereocenters. The van der Waals surface area contributed by atoms with Gasteiger partial charge in [-0.3, -0.25) is 4.79 Å². The molecule has 0 spiro atoms. The van der Waals surface area contributed by atoms with Gasteiger partial charge in [0.15, 0.2) is 29.5 Å². The van der Waals surface area contributed by atoms with E-state index in [2.05, 4.69) is 0 Å². The molecule has 0 saturated carbocycles. The summed E-state index contributed by atoms with van der Waals surface area (Å²) in [4.78, 5) is 12.2. The Labute approximate surface area is 163 Å². The van der Waals surface area contributed by atoms with E-state index in [1.165, 1.54) is 0 Å². The minimum atomic E-state index is -1.72. The fraction of sp³-hybridized carbons (Fsp3) is 0.133. The zero-order chi connectivity index (χ0) is 16.9. The number of Topliss-reactive ketones (excluding diaryl/α,β-unsaturated/α-hetero) is 1. The summed E-state index contributed by atoms with van der Waals surface area (Å²) in [6.07, 6.45) is -3.03. The van der Waals surface area contributed by atoms with Crippen molar-refractivity contribution in [2.75, 3.05) is 0 Å². The van der Waals surface area contributed by atoms with Crippen molar-refractivity contribution in [3.63, 3.8) is 0 Å². The van der Waals surface area contributed by atoms with Gasteiger partial charge in [0.05, 0.1) is 0 Å². The Morgan fingerprint density at radius 2 is 1.44 bits per heavy atom. The van der Waals surface area contributed by atoms with Crippen LogP contribution in [0.1, 0.15) is 22.0 Å². The monoisotopic (exact) mass is 361 g/mol. The number of hydrogen-bond acceptors (Lipinski definition) is 8. The van der Waals surface area contributed by atoms with E-state index >= 15 is 0 Å². The minimum absolute atomic E-state index is 0. The van der Waals surface area contributed by atoms with Crippen LogP contribution < -0.4 is 34.3 Å². The van der Waals surface area contributed by atoms with Crippen LogP contribution in [0.4, 0.5) is 0 Å². The standard InChI is InChI=1S/C15H12O8.Na.H2O/c16-6-3-7(17)11-10(4-6)23-15(14(22)13(11)21)5-1-8(18)12(20)9(19)2-5;;/h1-4,14-20,22H;;1H2/q;+1;. The molecule has 0 amide bonds. The molecule has 1 aliphatic heterocycles. The molecule has 9 nitrogen and oxygen atoms in total. The number of rotatable bonds is 1. The molecule has 2 aromatic carbocycles. The van der Waals surface area contributed by atoms with E-state index in [1.54, 1.807) is 0 Å². The molecule has 0 fully saturated rings. The molecule has 2 unspecified atom stereocenters. The van der Waals surface area contributed by atoms with Gasteiger partial charge >= 0.3 is 29.6 Å². The molecule has 8 N–H and O–H groups in total. The van der Waals surface area contributed by atoms with Gasteiger partial charge < -0.3 is 40.9 Å². The molecule has 1 aliphatic rings. The van der Waals surface area contributed by atoms with Crippen LogP contribution in [0.5, 0.6) is 34.5 Å². The number of carbonyl (C=O) groups is 1. The predicted octanol–water partition coefficient (Wildman–Crippen LogP) is -2.93. The van der Waals surface area contributed by atoms with Gasteiger partial charge in [0.2, 0.25) is 5.78 Å². The molecule has 25 heavy (non-hydrogen) atoms. The molecule has 10 heteroatoms. The fourth-order valence-electron chi connectivity index (χ4n) is 2.45. The van der Waals surface area contributed by atoms with Crippen LogP contribution in [0.25, 0.3) is 0 Å². The van der Waals surface area contributed by atoms with E-state index in [4.69, 9.17) is 4.74 Å². The second kappa shape index (κ2) is 7.38. The number of phenols is 5. The van der Waals surface area contributed by atoms with E-state index in [0.717, 1.165) is 24.3 Å². The summed E-state index contributed by atoms with van der Waals surface area (Å²) in [5.74, 6) is -3.96. The molecule has 1 heterocycles. The average molecular weight is 361 g/mol. The summed E-state index contributed by atoms with van der Waals surface area (Å²) in [5, 5.41) is 57.7. The first kappa shape index (κ1) is 20.9. The average Bonchev–Trinajstić information content (AvgIpc) is 2.47. The van der Waals surface area contributed by atoms with Gasteiger partial charge in [-0.15, -0.1) is 0 Å². The summed E-state index contributed by atoms with van der Waals surface area (Å²) in [5.41, 5.74) is -0.258. The first-order valence-corrected chi connectivity index (χ1v) is 6.49. The maximum Gasteiger partial charge on any atom is 1.00 e. The van der Waals surface area contributed by atoms with Gasteiger partial charge in [0.25, 0.3) is 0 Å². The minimum Gasteiger partial charge on any atom is -0.508 e. The third-order valence-corrected chi connectivity index (χ3v) is 3.54. The van der Waals surface area contributed by atoms with Crippen molar-refractivity contribution < 1.29 is 75.2 Å². The van der Waals surface area contributed by atoms with E-state index in [0.29, 0.717) is 0 Å². The molecule has 3 rings (SSSR count). The maximum absolute atomic E-state index is 12.2. The third-order valence-electron chi connectivity index (χ3n) is 3.54. The smallest absolute Gasteiger partial charge is 0.508 e. The fourth-order valence-corrected chi connectivity index (χ4v) is 2.45. The second-order valence-corrected chi connectivity index (χ2v) is 5.09. The third kappa shape index (κ3) is 3.46. The van der Waals surface area contributed by atoms with Gasteiger partial charge in [0, 0.05) is 17.7 Å². The van der Waals surface area contributed by atoms with Crippen molar-refractivity contribution >= 4 is 5.78 Å². The van der Waals surface area contributed by atoms with Crippen molar-refractivity contribution in [1.29, 1.82) is 0 Å². The van der Waals surface area contributed by atoms with Crippen LogP contribution in [0, 0.1) is 0 Å². The van der Waals surface area contributed by atoms with Crippen molar-refractivity contribution in [1.82, 2.24) is 0 Å². The largest absolute Gasteiger partial charge is 1.00 e. The maximum atomic E-state index is 12.2. The van der Waals surface area contributed by atoms with E-state index in [9.17, 15) is 35.4 Å². The number of ether oxygens (including phenoxy) is 1. The van der Waals surface area contributed by atoms with Crippen LogP contribution in [-0.2, 0) is 0 Å². The van der Waals surface area contributed by atoms with Crippen molar-refractivity contribution in [3.8, 4) is 34.5 Å². The van der Waals surface area contributed by atoms with Gasteiger partial charge in [-0.2, -0.15) is 0 Å². The predicted molar refractivity (Wildman–Crippen MR) is 78.5 cm³/mol. The van der Waals surface area contributed by atoms with Crippen molar-refractivity contribution in [3.05, 3.63) is 35.4 Å². The second-order valence-electron chi connectivity index (χ2n) is 5.09. The number of aliphatic hydroxyl groups excluding tert-OH is 1. The number of carbonyl (C=O) groups excluding carboxylic acids is 1. The Hall–Kier alpha value is -2.17. The summed E-state index contributed by atoms with van der Waals surface area (Å²) >= 11 is 0. The molecule has 0 aromatic heterocycles. The number of phenolic OH excluding ortho intramolecular Hbond substituents is 5. The van der Waals surface area contributed by atoms with Gasteiger partial charge in [-0.05, 0) is 12.1 Å². The van der Waals surface area contributed by atoms with Crippen LogP contribution in [0.2, 0.25) is 0 Å². The Morgan fingerprint density at radius 1 is 0.880 bits per heavy atom. The quantitative estimate of drug-likeness (QED) is 0.231. The Bertz CT molecular complexity index is 798. The van der Waals surface area contributed by atoms with E-state index in [-0.39, 0.29) is 57.7 Å². The van der Waals surface area contributed by atoms with Crippen molar-refractivity contribution in [2.45, 2.75) is 12.2 Å². The Kier molecular flexibility index (Phi) is 6.16. The molecule has 0 radical (unpaired) electrons. The molecule has 0 aliphatic carbocycles. The molecule has 0 saturated heterocycles. The number of hydrogen-bond donors (Lipinski definition) is 6. The molecular formula is C15H14NaO9+. The number of benzene rings is 2. The zero-order valence-corrected chi connectivity index (χ0v) is 15.0. The number of aromatic hydroxyl groups is 5. The van der Waals surface area contributed by atoms with E-state index < -0.39 is 41.0 Å². The topological polar surface area (TPSA) is 179 Å². The van der Waals surface area contributed by atoms with Crippen LogP contribution in [0.15, 0.2) is 24.3 Å². The first-order chi connectivity index (χ1) is 10.8. The molecule has 2 aromatic rings. The Balaban J connectivity index is 0.00000156. The van der Waals surface area contributed by atoms with Gasteiger partial charge in [0.1, 0.15) is 22.8 Å². The normalized spacial score (nSPS) is 18.4. The summed E-state index contributed by atoms with van der Waals surface area (Å²) in [6, 6.07) is 4.06. The molecular weight excluding hydrogens is 347 g/mol. The SMILES string of the molecule is O.O=C1c2c(O)cc(O)cc2OC(c2cc(O)c(O)c(O)c2)C1O.[Na+]. The van der Waals surface area contributed by atoms with Crippen LogP contribution in [-0.4, -0.2) is 48.0 Å².